The van der Waals surface area contributed by atoms with Gasteiger partial charge in [-0.3, -0.25) is 14.5 Å². The number of fused-ring (bicyclic) bond motifs is 3. The van der Waals surface area contributed by atoms with Gasteiger partial charge in [-0.2, -0.15) is 15.3 Å². The van der Waals surface area contributed by atoms with E-state index in [0.29, 0.717) is 30.2 Å². The third kappa shape index (κ3) is 7.74. The summed E-state index contributed by atoms with van der Waals surface area (Å²) in [5.74, 6) is -1.22. The van der Waals surface area contributed by atoms with Gasteiger partial charge in [-0.25, -0.2) is 14.4 Å². The van der Waals surface area contributed by atoms with Crippen molar-refractivity contribution in [3.63, 3.8) is 0 Å². The number of aryl methyl sites for hydroxylation is 2. The Bertz CT molecular complexity index is 2040. The van der Waals surface area contributed by atoms with Gasteiger partial charge in [0.15, 0.2) is 17.1 Å². The molecular formula is C32H33Br3N6O6. The molecule has 0 aliphatic carbocycles. The summed E-state index contributed by atoms with van der Waals surface area (Å²) in [5.41, 5.74) is 3.67. The summed E-state index contributed by atoms with van der Waals surface area (Å²) in [5, 5.41) is 17.6. The lowest BCUT2D eigenvalue weighted by molar-refractivity contribution is 0.0582. The molecule has 0 saturated carbocycles. The number of nitrogens with one attached hydrogen (secondary N) is 1. The first-order valence-corrected chi connectivity index (χ1v) is 16.2. The second-order valence-electron chi connectivity index (χ2n) is 9.31. The number of halogens is 3. The summed E-state index contributed by atoms with van der Waals surface area (Å²) in [6.07, 6.45) is 0. The van der Waals surface area contributed by atoms with Crippen molar-refractivity contribution in [1.29, 1.82) is 0 Å². The Morgan fingerprint density at radius 3 is 1.81 bits per heavy atom. The van der Waals surface area contributed by atoms with Crippen LogP contribution in [0.4, 0.5) is 0 Å². The Morgan fingerprint density at radius 1 is 0.681 bits per heavy atom. The van der Waals surface area contributed by atoms with Crippen LogP contribution in [0.15, 0.2) is 68.0 Å². The number of carbonyl (C=O) groups is 3. The average Bonchev–Trinajstić information content (AvgIpc) is 3.79. The van der Waals surface area contributed by atoms with Crippen LogP contribution >= 0.6 is 47.8 Å². The van der Waals surface area contributed by atoms with E-state index in [-0.39, 0.29) is 13.4 Å². The molecule has 0 atom stereocenters. The number of H-pyrrole nitrogens is 1. The molecule has 3 aromatic heterocycles. The van der Waals surface area contributed by atoms with Crippen LogP contribution in [-0.2, 0) is 27.3 Å². The van der Waals surface area contributed by atoms with E-state index >= 15 is 0 Å². The third-order valence-corrected chi connectivity index (χ3v) is 8.70. The zero-order chi connectivity index (χ0) is 33.5. The number of aromatic amines is 1. The number of benzene rings is 3. The van der Waals surface area contributed by atoms with E-state index in [4.69, 9.17) is 9.47 Å². The highest BCUT2D eigenvalue weighted by Gasteiger charge is 2.21. The number of carbonyl (C=O) groups excluding carboxylic acids is 3. The maximum atomic E-state index is 11.7. The van der Waals surface area contributed by atoms with Gasteiger partial charge in [0, 0.05) is 42.7 Å². The molecular weight excluding hydrogens is 804 g/mol. The minimum absolute atomic E-state index is 0. The van der Waals surface area contributed by atoms with E-state index in [1.165, 1.54) is 21.3 Å². The van der Waals surface area contributed by atoms with Gasteiger partial charge < -0.3 is 14.2 Å². The van der Waals surface area contributed by atoms with Crippen molar-refractivity contribution in [3.8, 4) is 0 Å². The molecule has 0 bridgehead atoms. The first-order chi connectivity index (χ1) is 22.1. The first kappa shape index (κ1) is 37.4. The minimum atomic E-state index is -0.442. The molecule has 0 fully saturated rings. The molecule has 0 spiro atoms. The largest absolute Gasteiger partial charge is 0.464 e. The lowest BCUT2D eigenvalue weighted by atomic mass is 10.2. The topological polar surface area (TPSA) is 143 Å². The fourth-order valence-electron chi connectivity index (χ4n) is 4.61. The maximum Gasteiger partial charge on any atom is 0.359 e. The van der Waals surface area contributed by atoms with Gasteiger partial charge in [-0.05, 0) is 50.2 Å². The molecule has 0 radical (unpaired) electrons. The highest BCUT2D eigenvalue weighted by molar-refractivity contribution is 9.11. The number of aromatic nitrogens is 6. The van der Waals surface area contributed by atoms with Gasteiger partial charge in [0.05, 0.1) is 37.9 Å². The van der Waals surface area contributed by atoms with Gasteiger partial charge in [0.1, 0.15) is 0 Å². The van der Waals surface area contributed by atoms with Gasteiger partial charge in [0.25, 0.3) is 0 Å². The number of nitrogens with zero attached hydrogens (tertiary/aromatic N) is 5. The fraction of sp³-hybridized carbons (Fsp3) is 0.250. The molecule has 248 valence electrons. The van der Waals surface area contributed by atoms with Gasteiger partial charge in [-0.15, -0.1) is 0 Å². The predicted octanol–water partition coefficient (Wildman–Crippen LogP) is 7.96. The standard InChI is InChI=1S/2C11H11BrN2O2.C9H7BrN2O2.CH4/c1-3-14-8-6-4-5-7(12)9(8)10(13-14)11(15)16-2;1-3-14-10(11(15)16-2)9-7(12)5-4-6-8(9)13-14;1-14-9(13)8-7-5(10)3-2-4-6(7)11-12-8;/h2*4-6H,3H2,1-2H3;2-4H,1H3,(H,11,12);1H4. The Balaban J connectivity index is 0.000000190. The number of methoxy groups -OCH3 is 3. The van der Waals surface area contributed by atoms with Crippen molar-refractivity contribution in [2.75, 3.05) is 21.3 Å². The molecule has 47 heavy (non-hydrogen) atoms. The molecule has 3 heterocycles. The Labute approximate surface area is 296 Å². The van der Waals surface area contributed by atoms with Crippen LogP contribution < -0.4 is 0 Å². The van der Waals surface area contributed by atoms with E-state index in [1.807, 2.05) is 68.4 Å². The van der Waals surface area contributed by atoms with Crippen LogP contribution in [0.25, 0.3) is 32.7 Å². The Kier molecular flexibility index (Phi) is 13.2. The van der Waals surface area contributed by atoms with Gasteiger partial charge in [-0.1, -0.05) is 73.4 Å². The summed E-state index contributed by atoms with van der Waals surface area (Å²) in [7, 11) is 4.06. The number of hydrogen-bond donors (Lipinski definition) is 1. The van der Waals surface area contributed by atoms with Crippen LogP contribution in [-0.4, -0.2) is 69.0 Å². The SMILES string of the molecule is C.CCn1nc(C(=O)OC)c2c(Br)cccc21.CCn1nc2cccc(Br)c2c1C(=O)OC.COC(=O)c1n[nH]c2cccc(Br)c12. The third-order valence-electron chi connectivity index (χ3n) is 6.72. The van der Waals surface area contributed by atoms with Crippen LogP contribution in [0.3, 0.4) is 0 Å². The van der Waals surface area contributed by atoms with E-state index in [1.54, 1.807) is 9.36 Å². The minimum Gasteiger partial charge on any atom is -0.464 e. The molecule has 6 aromatic rings. The van der Waals surface area contributed by atoms with E-state index in [9.17, 15) is 14.4 Å². The second-order valence-corrected chi connectivity index (χ2v) is 11.9. The smallest absolute Gasteiger partial charge is 0.359 e. The van der Waals surface area contributed by atoms with Crippen LogP contribution in [0, 0.1) is 0 Å². The van der Waals surface area contributed by atoms with Crippen LogP contribution in [0.2, 0.25) is 0 Å². The predicted molar refractivity (Wildman–Crippen MR) is 191 cm³/mol. The number of ether oxygens (including phenoxy) is 3. The van der Waals surface area contributed by atoms with Crippen molar-refractivity contribution in [2.24, 2.45) is 0 Å². The first-order valence-electron chi connectivity index (χ1n) is 13.8. The molecule has 0 amide bonds. The van der Waals surface area contributed by atoms with E-state index in [0.717, 1.165) is 46.1 Å². The summed E-state index contributed by atoms with van der Waals surface area (Å²) >= 11 is 10.2. The lowest BCUT2D eigenvalue weighted by Gasteiger charge is -2.02. The van der Waals surface area contributed by atoms with Crippen molar-refractivity contribution in [2.45, 2.75) is 34.4 Å². The second kappa shape index (κ2) is 16.7. The molecule has 1 N–H and O–H groups in total. The molecule has 15 heteroatoms. The summed E-state index contributed by atoms with van der Waals surface area (Å²) in [6.45, 7) is 5.26. The normalized spacial score (nSPS) is 10.4. The number of rotatable bonds is 5. The van der Waals surface area contributed by atoms with Crippen LogP contribution in [0.1, 0.15) is 52.7 Å². The highest BCUT2D eigenvalue weighted by atomic mass is 79.9. The molecule has 0 saturated heterocycles. The summed E-state index contributed by atoms with van der Waals surface area (Å²) in [6, 6.07) is 17.0. The summed E-state index contributed by atoms with van der Waals surface area (Å²) < 4.78 is 20.1. The Hall–Kier alpha value is -4.08. The van der Waals surface area contributed by atoms with Gasteiger partial charge >= 0.3 is 17.9 Å². The molecule has 12 nitrogen and oxygen atoms in total. The highest BCUT2D eigenvalue weighted by Crippen LogP contribution is 2.29. The number of hydrogen-bond acceptors (Lipinski definition) is 9. The molecule has 3 aromatic carbocycles. The van der Waals surface area contributed by atoms with Crippen molar-refractivity contribution in [1.82, 2.24) is 29.8 Å². The maximum absolute atomic E-state index is 11.7. The van der Waals surface area contributed by atoms with Crippen LogP contribution in [0.5, 0.6) is 0 Å². The fourth-order valence-corrected chi connectivity index (χ4v) is 6.26. The Morgan fingerprint density at radius 2 is 1.21 bits per heavy atom. The zero-order valence-corrected chi connectivity index (χ0v) is 30.2. The zero-order valence-electron chi connectivity index (χ0n) is 25.4. The van der Waals surface area contributed by atoms with Crippen molar-refractivity contribution >= 4 is 98.4 Å². The monoisotopic (exact) mass is 834 g/mol. The lowest BCUT2D eigenvalue weighted by Crippen LogP contribution is -2.11. The van der Waals surface area contributed by atoms with Crippen molar-refractivity contribution in [3.05, 3.63) is 85.1 Å². The van der Waals surface area contributed by atoms with Gasteiger partial charge in [0.2, 0.25) is 0 Å². The quantitative estimate of drug-likeness (QED) is 0.135. The molecule has 6 rings (SSSR count). The van der Waals surface area contributed by atoms with E-state index in [2.05, 4.69) is 72.9 Å². The molecule has 0 aliphatic heterocycles. The van der Waals surface area contributed by atoms with E-state index < -0.39 is 11.9 Å². The average molecular weight is 837 g/mol. The molecule has 0 aliphatic rings. The van der Waals surface area contributed by atoms with Crippen molar-refractivity contribution < 1.29 is 28.6 Å². The number of esters is 3. The summed E-state index contributed by atoms with van der Waals surface area (Å²) in [4.78, 5) is 34.6. The molecule has 0 unspecified atom stereocenters.